The zero-order chi connectivity index (χ0) is 14.5. The van der Waals surface area contributed by atoms with Crippen LogP contribution in [-0.2, 0) is 5.41 Å². The average Bonchev–Trinajstić information content (AvgIpc) is 2.36. The third kappa shape index (κ3) is 4.86. The first-order valence-corrected chi connectivity index (χ1v) is 7.47. The van der Waals surface area contributed by atoms with Crippen LogP contribution in [-0.4, -0.2) is 18.5 Å². The lowest BCUT2D eigenvalue weighted by atomic mass is 9.85. The molecule has 0 amide bonds. The molecule has 4 heteroatoms. The fourth-order valence-corrected chi connectivity index (χ4v) is 2.60. The van der Waals surface area contributed by atoms with Crippen molar-refractivity contribution in [3.63, 3.8) is 0 Å². The zero-order valence-electron chi connectivity index (χ0n) is 12.2. The SMILES string of the molecule is CCC(C)NC(N)=NCC(C)(C)c1ccccc1Br. The highest BCUT2D eigenvalue weighted by Crippen LogP contribution is 2.30. The molecule has 0 aliphatic carbocycles. The molecular formula is C15H24BrN3. The average molecular weight is 326 g/mol. The Kier molecular flexibility index (Phi) is 5.85. The summed E-state index contributed by atoms with van der Waals surface area (Å²) in [6.45, 7) is 9.22. The van der Waals surface area contributed by atoms with Crippen LogP contribution in [0.5, 0.6) is 0 Å². The quantitative estimate of drug-likeness (QED) is 0.643. The Hall–Kier alpha value is -1.03. The van der Waals surface area contributed by atoms with Gasteiger partial charge in [-0.1, -0.05) is 54.9 Å². The first-order valence-electron chi connectivity index (χ1n) is 6.68. The van der Waals surface area contributed by atoms with Crippen molar-refractivity contribution in [2.45, 2.75) is 45.6 Å². The first kappa shape index (κ1) is 16.0. The molecule has 0 radical (unpaired) electrons. The lowest BCUT2D eigenvalue weighted by Gasteiger charge is -2.25. The molecule has 0 bridgehead atoms. The van der Waals surface area contributed by atoms with E-state index < -0.39 is 0 Å². The number of benzene rings is 1. The van der Waals surface area contributed by atoms with E-state index in [9.17, 15) is 0 Å². The topological polar surface area (TPSA) is 50.4 Å². The highest BCUT2D eigenvalue weighted by Gasteiger charge is 2.22. The van der Waals surface area contributed by atoms with Crippen LogP contribution < -0.4 is 11.1 Å². The molecule has 1 atom stereocenters. The van der Waals surface area contributed by atoms with Gasteiger partial charge in [-0.25, -0.2) is 0 Å². The molecule has 3 nitrogen and oxygen atoms in total. The van der Waals surface area contributed by atoms with E-state index in [-0.39, 0.29) is 5.41 Å². The summed E-state index contributed by atoms with van der Waals surface area (Å²) in [7, 11) is 0. The minimum absolute atomic E-state index is 0.0537. The first-order chi connectivity index (χ1) is 8.86. The largest absolute Gasteiger partial charge is 0.370 e. The Morgan fingerprint density at radius 1 is 1.42 bits per heavy atom. The summed E-state index contributed by atoms with van der Waals surface area (Å²) in [5.74, 6) is 0.523. The second-order valence-corrected chi connectivity index (χ2v) is 6.37. The molecule has 0 spiro atoms. The van der Waals surface area contributed by atoms with Crippen LogP contribution >= 0.6 is 15.9 Å². The fraction of sp³-hybridized carbons (Fsp3) is 0.533. The van der Waals surface area contributed by atoms with E-state index in [2.05, 4.69) is 66.1 Å². The maximum Gasteiger partial charge on any atom is 0.188 e. The van der Waals surface area contributed by atoms with Crippen molar-refractivity contribution in [2.75, 3.05) is 6.54 Å². The van der Waals surface area contributed by atoms with Crippen LogP contribution in [0.2, 0.25) is 0 Å². The molecular weight excluding hydrogens is 302 g/mol. The van der Waals surface area contributed by atoms with Crippen LogP contribution in [0.25, 0.3) is 0 Å². The van der Waals surface area contributed by atoms with Crippen molar-refractivity contribution in [2.24, 2.45) is 10.7 Å². The summed E-state index contributed by atoms with van der Waals surface area (Å²) < 4.78 is 1.11. The summed E-state index contributed by atoms with van der Waals surface area (Å²) in [6, 6.07) is 8.60. The van der Waals surface area contributed by atoms with Crippen molar-refractivity contribution < 1.29 is 0 Å². The van der Waals surface area contributed by atoms with Crippen molar-refractivity contribution in [1.82, 2.24) is 5.32 Å². The van der Waals surface area contributed by atoms with E-state index in [4.69, 9.17) is 5.73 Å². The molecule has 0 saturated carbocycles. The molecule has 1 rings (SSSR count). The smallest absolute Gasteiger partial charge is 0.188 e. The molecule has 0 fully saturated rings. The molecule has 3 N–H and O–H groups in total. The van der Waals surface area contributed by atoms with Gasteiger partial charge in [0.25, 0.3) is 0 Å². The van der Waals surface area contributed by atoms with Gasteiger partial charge < -0.3 is 11.1 Å². The minimum Gasteiger partial charge on any atom is -0.370 e. The summed E-state index contributed by atoms with van der Waals surface area (Å²) >= 11 is 3.60. The van der Waals surface area contributed by atoms with Gasteiger partial charge in [-0.2, -0.15) is 0 Å². The third-order valence-electron chi connectivity index (χ3n) is 3.25. The molecule has 0 aliphatic heterocycles. The lowest BCUT2D eigenvalue weighted by Crippen LogP contribution is -2.39. The maximum absolute atomic E-state index is 5.90. The molecule has 0 saturated heterocycles. The van der Waals surface area contributed by atoms with Gasteiger partial charge in [-0.05, 0) is 25.0 Å². The van der Waals surface area contributed by atoms with Crippen molar-refractivity contribution in [1.29, 1.82) is 0 Å². The summed E-state index contributed by atoms with van der Waals surface area (Å²) in [4.78, 5) is 4.46. The van der Waals surface area contributed by atoms with Gasteiger partial charge in [0, 0.05) is 15.9 Å². The predicted octanol–water partition coefficient (Wildman–Crippen LogP) is 3.43. The van der Waals surface area contributed by atoms with Crippen LogP contribution in [0.1, 0.15) is 39.7 Å². The van der Waals surface area contributed by atoms with Crippen LogP contribution in [0.4, 0.5) is 0 Å². The van der Waals surface area contributed by atoms with Gasteiger partial charge in [0.15, 0.2) is 5.96 Å². The summed E-state index contributed by atoms with van der Waals surface area (Å²) in [6.07, 6.45) is 1.03. The number of nitrogens with zero attached hydrogens (tertiary/aromatic N) is 1. The Morgan fingerprint density at radius 2 is 2.05 bits per heavy atom. The Morgan fingerprint density at radius 3 is 2.63 bits per heavy atom. The Labute approximate surface area is 124 Å². The number of aliphatic imine (C=N–C) groups is 1. The Balaban J connectivity index is 2.75. The van der Waals surface area contributed by atoms with E-state index in [1.54, 1.807) is 0 Å². The van der Waals surface area contributed by atoms with E-state index in [1.165, 1.54) is 5.56 Å². The van der Waals surface area contributed by atoms with Gasteiger partial charge in [-0.3, -0.25) is 4.99 Å². The zero-order valence-corrected chi connectivity index (χ0v) is 13.8. The molecule has 0 aliphatic rings. The minimum atomic E-state index is -0.0537. The van der Waals surface area contributed by atoms with Crippen LogP contribution in [0.15, 0.2) is 33.7 Å². The standard InChI is InChI=1S/C15H24BrN3/c1-5-11(2)19-14(17)18-10-15(3,4)12-8-6-7-9-13(12)16/h6-9,11H,5,10H2,1-4H3,(H3,17,18,19). The number of guanidine groups is 1. The fourth-order valence-electron chi connectivity index (χ4n) is 1.78. The summed E-state index contributed by atoms with van der Waals surface area (Å²) in [5.41, 5.74) is 7.09. The van der Waals surface area contributed by atoms with Gasteiger partial charge in [0.1, 0.15) is 0 Å². The highest BCUT2D eigenvalue weighted by molar-refractivity contribution is 9.10. The van der Waals surface area contributed by atoms with E-state index in [0.29, 0.717) is 18.5 Å². The molecule has 0 heterocycles. The maximum atomic E-state index is 5.90. The number of halogens is 1. The molecule has 1 aromatic carbocycles. The third-order valence-corrected chi connectivity index (χ3v) is 3.95. The number of hydrogen-bond acceptors (Lipinski definition) is 1. The van der Waals surface area contributed by atoms with E-state index >= 15 is 0 Å². The number of hydrogen-bond donors (Lipinski definition) is 2. The molecule has 0 aromatic heterocycles. The second kappa shape index (κ2) is 6.94. The van der Waals surface area contributed by atoms with Crippen LogP contribution in [0, 0.1) is 0 Å². The summed E-state index contributed by atoms with van der Waals surface area (Å²) in [5, 5.41) is 3.18. The predicted molar refractivity (Wildman–Crippen MR) is 86.5 cm³/mol. The molecule has 1 unspecified atom stereocenters. The van der Waals surface area contributed by atoms with Crippen molar-refractivity contribution in [3.8, 4) is 0 Å². The van der Waals surface area contributed by atoms with E-state index in [0.717, 1.165) is 10.9 Å². The van der Waals surface area contributed by atoms with E-state index in [1.807, 2.05) is 12.1 Å². The monoisotopic (exact) mass is 325 g/mol. The van der Waals surface area contributed by atoms with Gasteiger partial charge in [0.2, 0.25) is 0 Å². The molecule has 106 valence electrons. The van der Waals surface area contributed by atoms with Crippen molar-refractivity contribution in [3.05, 3.63) is 34.3 Å². The molecule has 1 aromatic rings. The normalized spacial score (nSPS) is 14.3. The van der Waals surface area contributed by atoms with Crippen LogP contribution in [0.3, 0.4) is 0 Å². The highest BCUT2D eigenvalue weighted by atomic mass is 79.9. The van der Waals surface area contributed by atoms with Gasteiger partial charge >= 0.3 is 0 Å². The number of nitrogens with two attached hydrogens (primary N) is 1. The van der Waals surface area contributed by atoms with Gasteiger partial charge in [0.05, 0.1) is 6.54 Å². The Bertz CT molecular complexity index is 441. The second-order valence-electron chi connectivity index (χ2n) is 5.52. The number of nitrogens with one attached hydrogen (secondary N) is 1. The van der Waals surface area contributed by atoms with Gasteiger partial charge in [-0.15, -0.1) is 0 Å². The lowest BCUT2D eigenvalue weighted by molar-refractivity contribution is 0.534. The molecule has 19 heavy (non-hydrogen) atoms. The van der Waals surface area contributed by atoms with Crippen molar-refractivity contribution >= 4 is 21.9 Å². The number of rotatable bonds is 5.